The number of hydrogen-bond acceptors (Lipinski definition) is 4. The van der Waals surface area contributed by atoms with Crippen molar-refractivity contribution in [1.82, 2.24) is 4.31 Å². The first-order valence-corrected chi connectivity index (χ1v) is 8.21. The van der Waals surface area contributed by atoms with E-state index in [0.717, 1.165) is 0 Å². The van der Waals surface area contributed by atoms with Crippen molar-refractivity contribution in [1.29, 1.82) is 0 Å². The minimum Gasteiger partial charge on any atom is -0.497 e. The predicted octanol–water partition coefficient (Wildman–Crippen LogP) is 1.48. The van der Waals surface area contributed by atoms with E-state index in [0.29, 0.717) is 31.7 Å². The number of sulfonamides is 1. The Morgan fingerprint density at radius 2 is 2.00 bits per heavy atom. The van der Waals surface area contributed by atoms with Crippen LogP contribution >= 0.6 is 0 Å². The maximum atomic E-state index is 12.5. The third kappa shape index (κ3) is 3.13. The molecular formula is C14H21NO4S. The summed E-state index contributed by atoms with van der Waals surface area (Å²) >= 11 is 0. The molecule has 1 aromatic carbocycles. The number of ether oxygens (including phenoxy) is 1. The van der Waals surface area contributed by atoms with E-state index in [1.807, 2.05) is 0 Å². The van der Waals surface area contributed by atoms with Gasteiger partial charge in [0, 0.05) is 19.2 Å². The predicted molar refractivity (Wildman–Crippen MR) is 76.2 cm³/mol. The molecule has 1 aliphatic rings. The fourth-order valence-electron chi connectivity index (χ4n) is 2.51. The summed E-state index contributed by atoms with van der Waals surface area (Å²) in [6.07, 6.45) is 1.01. The molecule has 1 unspecified atom stereocenters. The van der Waals surface area contributed by atoms with E-state index >= 15 is 0 Å². The van der Waals surface area contributed by atoms with Gasteiger partial charge in [0.2, 0.25) is 10.0 Å². The number of hydrogen-bond donors (Lipinski definition) is 1. The smallest absolute Gasteiger partial charge is 0.243 e. The van der Waals surface area contributed by atoms with Crippen LogP contribution in [-0.4, -0.2) is 44.1 Å². The number of rotatable bonds is 4. The van der Waals surface area contributed by atoms with E-state index in [9.17, 15) is 13.5 Å². The van der Waals surface area contributed by atoms with Crippen molar-refractivity contribution in [2.24, 2.45) is 5.92 Å². The first-order valence-electron chi connectivity index (χ1n) is 6.77. The summed E-state index contributed by atoms with van der Waals surface area (Å²) in [7, 11) is -1.96. The summed E-state index contributed by atoms with van der Waals surface area (Å²) in [5.41, 5.74) is 0. The Morgan fingerprint density at radius 3 is 2.55 bits per heavy atom. The highest BCUT2D eigenvalue weighted by Gasteiger charge is 2.30. The van der Waals surface area contributed by atoms with Gasteiger partial charge in [0.05, 0.1) is 18.1 Å². The lowest BCUT2D eigenvalue weighted by Crippen LogP contribution is -2.40. The number of benzene rings is 1. The van der Waals surface area contributed by atoms with Crippen LogP contribution in [0.5, 0.6) is 5.75 Å². The van der Waals surface area contributed by atoms with E-state index in [1.54, 1.807) is 25.1 Å². The van der Waals surface area contributed by atoms with Crippen LogP contribution in [0.2, 0.25) is 0 Å². The van der Waals surface area contributed by atoms with Crippen LogP contribution in [0.15, 0.2) is 29.2 Å². The maximum Gasteiger partial charge on any atom is 0.243 e. The lowest BCUT2D eigenvalue weighted by atomic mass is 9.93. The zero-order chi connectivity index (χ0) is 14.8. The summed E-state index contributed by atoms with van der Waals surface area (Å²) < 4.78 is 31.6. The van der Waals surface area contributed by atoms with Crippen molar-refractivity contribution in [3.8, 4) is 5.75 Å². The molecule has 1 N–H and O–H groups in total. The summed E-state index contributed by atoms with van der Waals surface area (Å²) in [6, 6.07) is 6.52. The summed E-state index contributed by atoms with van der Waals surface area (Å²) in [5, 5.41) is 9.57. The number of methoxy groups -OCH3 is 1. The van der Waals surface area contributed by atoms with Gasteiger partial charge in [-0.1, -0.05) is 6.07 Å². The third-order valence-electron chi connectivity index (χ3n) is 3.86. The highest BCUT2D eigenvalue weighted by atomic mass is 32.2. The van der Waals surface area contributed by atoms with Crippen molar-refractivity contribution in [3.63, 3.8) is 0 Å². The average molecular weight is 299 g/mol. The average Bonchev–Trinajstić information content (AvgIpc) is 2.47. The molecule has 1 fully saturated rings. The summed E-state index contributed by atoms with van der Waals surface area (Å²) in [5.74, 6) is 0.719. The van der Waals surface area contributed by atoms with Crippen molar-refractivity contribution in [2.75, 3.05) is 20.2 Å². The number of aliphatic hydroxyl groups excluding tert-OH is 1. The van der Waals surface area contributed by atoms with Crippen molar-refractivity contribution in [2.45, 2.75) is 30.8 Å². The van der Waals surface area contributed by atoms with Crippen LogP contribution in [0.3, 0.4) is 0 Å². The standard InChI is InChI=1S/C14H21NO4S/c1-11(16)12-6-8-15(9-7-12)20(17,18)14-5-3-4-13(10-14)19-2/h3-5,10-12,16H,6-9H2,1-2H3. The first-order chi connectivity index (χ1) is 9.45. The van der Waals surface area contributed by atoms with Gasteiger partial charge >= 0.3 is 0 Å². The van der Waals surface area contributed by atoms with Crippen molar-refractivity contribution in [3.05, 3.63) is 24.3 Å². The Balaban J connectivity index is 2.15. The van der Waals surface area contributed by atoms with E-state index in [1.165, 1.54) is 17.5 Å². The summed E-state index contributed by atoms with van der Waals surface area (Å²) in [4.78, 5) is 0.257. The number of nitrogens with zero attached hydrogens (tertiary/aromatic N) is 1. The number of aliphatic hydroxyl groups is 1. The Kier molecular flexibility index (Phi) is 4.67. The monoisotopic (exact) mass is 299 g/mol. The molecule has 0 aliphatic carbocycles. The summed E-state index contributed by atoms with van der Waals surface area (Å²) in [6.45, 7) is 2.67. The van der Waals surface area contributed by atoms with Gasteiger partial charge < -0.3 is 9.84 Å². The molecular weight excluding hydrogens is 278 g/mol. The second-order valence-electron chi connectivity index (χ2n) is 5.16. The zero-order valence-corrected chi connectivity index (χ0v) is 12.6. The molecule has 6 heteroatoms. The van der Waals surface area contributed by atoms with Gasteiger partial charge in [-0.3, -0.25) is 0 Å². The molecule has 1 aromatic rings. The van der Waals surface area contributed by atoms with Crippen LogP contribution in [0.1, 0.15) is 19.8 Å². The zero-order valence-electron chi connectivity index (χ0n) is 11.8. The van der Waals surface area contributed by atoms with Gasteiger partial charge in [0.25, 0.3) is 0 Å². The molecule has 0 saturated carbocycles. The molecule has 0 amide bonds. The highest BCUT2D eigenvalue weighted by molar-refractivity contribution is 7.89. The molecule has 20 heavy (non-hydrogen) atoms. The van der Waals surface area contributed by atoms with Crippen LogP contribution in [-0.2, 0) is 10.0 Å². The van der Waals surface area contributed by atoms with E-state index < -0.39 is 10.0 Å². The second-order valence-corrected chi connectivity index (χ2v) is 7.10. The van der Waals surface area contributed by atoms with Crippen molar-refractivity contribution >= 4 is 10.0 Å². The fourth-order valence-corrected chi connectivity index (χ4v) is 4.01. The number of piperidine rings is 1. The van der Waals surface area contributed by atoms with Crippen LogP contribution < -0.4 is 4.74 Å². The van der Waals surface area contributed by atoms with Gasteiger partial charge in [-0.15, -0.1) is 0 Å². The molecule has 1 heterocycles. The van der Waals surface area contributed by atoms with Crippen LogP contribution in [0.25, 0.3) is 0 Å². The van der Waals surface area contributed by atoms with Crippen LogP contribution in [0, 0.1) is 5.92 Å². The minimum absolute atomic E-state index is 0.187. The molecule has 1 aliphatic heterocycles. The highest BCUT2D eigenvalue weighted by Crippen LogP contribution is 2.27. The Morgan fingerprint density at radius 1 is 1.35 bits per heavy atom. The van der Waals surface area contributed by atoms with E-state index in [4.69, 9.17) is 4.74 Å². The van der Waals surface area contributed by atoms with Crippen LogP contribution in [0.4, 0.5) is 0 Å². The molecule has 0 bridgehead atoms. The maximum absolute atomic E-state index is 12.5. The third-order valence-corrected chi connectivity index (χ3v) is 5.75. The lowest BCUT2D eigenvalue weighted by Gasteiger charge is -2.32. The van der Waals surface area contributed by atoms with E-state index in [-0.39, 0.29) is 16.9 Å². The quantitative estimate of drug-likeness (QED) is 0.914. The van der Waals surface area contributed by atoms with Gasteiger partial charge in [-0.05, 0) is 37.8 Å². The molecule has 1 saturated heterocycles. The molecule has 112 valence electrons. The Labute approximate surface area is 120 Å². The van der Waals surface area contributed by atoms with Gasteiger partial charge in [0.15, 0.2) is 0 Å². The van der Waals surface area contributed by atoms with E-state index in [2.05, 4.69) is 0 Å². The fraction of sp³-hybridized carbons (Fsp3) is 0.571. The molecule has 0 aromatic heterocycles. The largest absolute Gasteiger partial charge is 0.497 e. The minimum atomic E-state index is -3.47. The van der Waals surface area contributed by atoms with Gasteiger partial charge in [-0.25, -0.2) is 8.42 Å². The second kappa shape index (κ2) is 6.11. The van der Waals surface area contributed by atoms with Gasteiger partial charge in [0.1, 0.15) is 5.75 Å². The lowest BCUT2D eigenvalue weighted by molar-refractivity contribution is 0.0912. The molecule has 0 radical (unpaired) electrons. The van der Waals surface area contributed by atoms with Crippen molar-refractivity contribution < 1.29 is 18.3 Å². The molecule has 2 rings (SSSR count). The molecule has 0 spiro atoms. The topological polar surface area (TPSA) is 66.8 Å². The normalized spacial score (nSPS) is 19.8. The first kappa shape index (κ1) is 15.3. The Bertz CT molecular complexity index is 548. The molecule has 1 atom stereocenters. The van der Waals surface area contributed by atoms with Gasteiger partial charge in [-0.2, -0.15) is 4.31 Å². The molecule has 5 nitrogen and oxygen atoms in total. The SMILES string of the molecule is COc1cccc(S(=O)(=O)N2CCC(C(C)O)CC2)c1. The Hall–Kier alpha value is -1.11.